The molecular weight excluding hydrogens is 427 g/mol. The van der Waals surface area contributed by atoms with Crippen molar-refractivity contribution in [3.63, 3.8) is 0 Å². The van der Waals surface area contributed by atoms with Gasteiger partial charge in [0.2, 0.25) is 0 Å². The average Bonchev–Trinajstić information content (AvgIpc) is 3.27. The molecule has 0 radical (unpaired) electrons. The number of hydrogen-bond donors (Lipinski definition) is 0. The summed E-state index contributed by atoms with van der Waals surface area (Å²) in [6.07, 6.45) is 4.27. The number of ether oxygens (including phenoxy) is 1. The van der Waals surface area contributed by atoms with Crippen LogP contribution in [0.2, 0.25) is 10.0 Å². The first-order valence-electron chi connectivity index (χ1n) is 7.88. The smallest absolute Gasteiger partial charge is 0.307 e. The maximum absolute atomic E-state index is 10.7. The molecule has 0 aliphatic carbocycles. The quantitative estimate of drug-likeness (QED) is 0.212. The highest BCUT2D eigenvalue weighted by atomic mass is 35.5. The van der Waals surface area contributed by atoms with Crippen LogP contribution in [-0.4, -0.2) is 29.5 Å². The van der Waals surface area contributed by atoms with Gasteiger partial charge >= 0.3 is 5.69 Å². The Morgan fingerprint density at radius 2 is 2.18 bits per heavy atom. The van der Waals surface area contributed by atoms with E-state index in [1.807, 2.05) is 4.57 Å². The van der Waals surface area contributed by atoms with E-state index in [4.69, 9.17) is 27.9 Å². The first-order chi connectivity index (χ1) is 13.5. The molecule has 1 aromatic carbocycles. The Morgan fingerprint density at radius 3 is 2.86 bits per heavy atom. The summed E-state index contributed by atoms with van der Waals surface area (Å²) in [6, 6.07) is 4.96. The van der Waals surface area contributed by atoms with E-state index in [2.05, 4.69) is 21.9 Å². The highest BCUT2D eigenvalue weighted by Crippen LogP contribution is 2.28. The van der Waals surface area contributed by atoms with Crippen molar-refractivity contribution >= 4 is 40.7 Å². The van der Waals surface area contributed by atoms with Crippen molar-refractivity contribution < 1.29 is 9.66 Å². The van der Waals surface area contributed by atoms with Gasteiger partial charge in [-0.25, -0.2) is 0 Å². The molecule has 28 heavy (non-hydrogen) atoms. The van der Waals surface area contributed by atoms with E-state index < -0.39 is 4.92 Å². The lowest BCUT2D eigenvalue weighted by Crippen LogP contribution is -2.08. The molecule has 2 heterocycles. The summed E-state index contributed by atoms with van der Waals surface area (Å²) in [5.41, 5.74) is -0.0675. The molecule has 0 atom stereocenters. The minimum atomic E-state index is -0.494. The summed E-state index contributed by atoms with van der Waals surface area (Å²) in [4.78, 5) is 10.2. The fourth-order valence-corrected chi connectivity index (χ4v) is 3.51. The monoisotopic (exact) mass is 440 g/mol. The molecule has 0 aliphatic heterocycles. The van der Waals surface area contributed by atoms with Gasteiger partial charge in [0.25, 0.3) is 0 Å². The van der Waals surface area contributed by atoms with Gasteiger partial charge in [0, 0.05) is 11.6 Å². The van der Waals surface area contributed by atoms with Crippen LogP contribution in [0.15, 0.2) is 48.4 Å². The molecule has 3 aromatic rings. The average molecular weight is 441 g/mol. The molecule has 0 saturated carbocycles. The van der Waals surface area contributed by atoms with Crippen LogP contribution in [0, 0.1) is 10.1 Å². The Balaban J connectivity index is 1.69. The molecule has 3 rings (SSSR count). The van der Waals surface area contributed by atoms with Gasteiger partial charge in [-0.05, 0) is 18.2 Å². The van der Waals surface area contributed by atoms with Gasteiger partial charge in [-0.1, -0.05) is 41.0 Å². The number of hydrogen-bond acceptors (Lipinski definition) is 7. The Morgan fingerprint density at radius 1 is 1.36 bits per heavy atom. The second-order valence-electron chi connectivity index (χ2n) is 5.43. The summed E-state index contributed by atoms with van der Waals surface area (Å²) >= 11 is 13.3. The first kappa shape index (κ1) is 20.2. The van der Waals surface area contributed by atoms with Gasteiger partial charge in [-0.2, -0.15) is 5.10 Å². The maximum Gasteiger partial charge on any atom is 0.307 e. The molecule has 9 nitrogen and oxygen atoms in total. The Labute approximate surface area is 174 Å². The molecule has 0 N–H and O–H groups in total. The number of allylic oxidation sites excluding steroid dienone is 1. The largest absolute Gasteiger partial charge is 0.484 e. The van der Waals surface area contributed by atoms with Crippen LogP contribution in [0.25, 0.3) is 0 Å². The lowest BCUT2D eigenvalue weighted by molar-refractivity contribution is -0.385. The predicted molar refractivity (Wildman–Crippen MR) is 106 cm³/mol. The second-order valence-corrected chi connectivity index (χ2v) is 7.19. The van der Waals surface area contributed by atoms with Gasteiger partial charge in [0.05, 0.1) is 15.8 Å². The molecule has 2 aromatic heterocycles. The molecule has 0 bridgehead atoms. The van der Waals surface area contributed by atoms with Crippen LogP contribution in [0.1, 0.15) is 5.82 Å². The number of halogens is 2. The van der Waals surface area contributed by atoms with Gasteiger partial charge in [-0.15, -0.1) is 16.8 Å². The van der Waals surface area contributed by atoms with Crippen LogP contribution in [0.3, 0.4) is 0 Å². The molecule has 0 unspecified atom stereocenters. The van der Waals surface area contributed by atoms with E-state index in [0.29, 0.717) is 39.2 Å². The third-order valence-electron chi connectivity index (χ3n) is 3.51. The van der Waals surface area contributed by atoms with Crippen molar-refractivity contribution in [1.82, 2.24) is 24.5 Å². The first-order valence-corrected chi connectivity index (χ1v) is 9.62. The van der Waals surface area contributed by atoms with Crippen LogP contribution in [0.5, 0.6) is 5.75 Å². The standard InChI is InChI=1S/C16H14Cl2N6O3S/c1-2-5-23-15(9-27-14-4-3-11(17)6-13(14)18)20-21-16(23)28-10-22-8-12(7-19-22)24(25)26/h2-4,6-8H,1,5,9-10H2. The number of rotatable bonds is 9. The molecule has 0 spiro atoms. The zero-order chi connectivity index (χ0) is 20.1. The van der Waals surface area contributed by atoms with E-state index in [1.54, 1.807) is 24.3 Å². The van der Waals surface area contributed by atoms with E-state index in [1.165, 1.54) is 28.8 Å². The predicted octanol–water partition coefficient (Wildman–Crippen LogP) is 4.20. The van der Waals surface area contributed by atoms with Gasteiger partial charge < -0.3 is 4.74 Å². The summed E-state index contributed by atoms with van der Waals surface area (Å²) in [5, 5.41) is 24.5. The Hall–Kier alpha value is -2.56. The summed E-state index contributed by atoms with van der Waals surface area (Å²) in [5.74, 6) is 1.41. The van der Waals surface area contributed by atoms with Crippen LogP contribution < -0.4 is 4.74 Å². The van der Waals surface area contributed by atoms with Crippen molar-refractivity contribution in [2.75, 3.05) is 0 Å². The number of nitrogens with zero attached hydrogens (tertiary/aromatic N) is 6. The molecular formula is C16H14Cl2N6O3S. The summed E-state index contributed by atoms with van der Waals surface area (Å²) in [7, 11) is 0. The van der Waals surface area contributed by atoms with Crippen LogP contribution in [0.4, 0.5) is 5.69 Å². The molecule has 0 fully saturated rings. The topological polar surface area (TPSA) is 101 Å². The molecule has 0 saturated heterocycles. The number of aromatic nitrogens is 5. The lowest BCUT2D eigenvalue weighted by Gasteiger charge is -2.10. The van der Waals surface area contributed by atoms with Crippen molar-refractivity contribution in [3.05, 3.63) is 69.2 Å². The normalized spacial score (nSPS) is 10.8. The van der Waals surface area contributed by atoms with E-state index in [-0.39, 0.29) is 12.3 Å². The van der Waals surface area contributed by atoms with E-state index in [9.17, 15) is 10.1 Å². The number of nitro groups is 1. The zero-order valence-corrected chi connectivity index (χ0v) is 16.7. The number of thioether (sulfide) groups is 1. The minimum Gasteiger partial charge on any atom is -0.484 e. The SMILES string of the molecule is C=CCn1c(COc2ccc(Cl)cc2Cl)nnc1SCn1cc([N+](=O)[O-])cn1. The third-order valence-corrected chi connectivity index (χ3v) is 5.00. The van der Waals surface area contributed by atoms with Gasteiger partial charge in [0.15, 0.2) is 11.0 Å². The fourth-order valence-electron chi connectivity index (χ4n) is 2.22. The molecule has 0 amide bonds. The molecule has 146 valence electrons. The minimum absolute atomic E-state index is 0.0675. The summed E-state index contributed by atoms with van der Waals surface area (Å²) in [6.45, 7) is 4.37. The van der Waals surface area contributed by atoms with Gasteiger partial charge in [0.1, 0.15) is 24.8 Å². The van der Waals surface area contributed by atoms with Crippen molar-refractivity contribution in [2.24, 2.45) is 0 Å². The van der Waals surface area contributed by atoms with E-state index in [0.717, 1.165) is 0 Å². The zero-order valence-electron chi connectivity index (χ0n) is 14.4. The van der Waals surface area contributed by atoms with E-state index >= 15 is 0 Å². The maximum atomic E-state index is 10.7. The lowest BCUT2D eigenvalue weighted by atomic mass is 10.3. The van der Waals surface area contributed by atoms with Crippen molar-refractivity contribution in [2.45, 2.75) is 24.2 Å². The molecule has 0 aliphatic rings. The highest BCUT2D eigenvalue weighted by molar-refractivity contribution is 7.98. The Bertz CT molecular complexity index is 1010. The van der Waals surface area contributed by atoms with Crippen LogP contribution in [-0.2, 0) is 19.0 Å². The van der Waals surface area contributed by atoms with Crippen LogP contribution >= 0.6 is 35.0 Å². The summed E-state index contributed by atoms with van der Waals surface area (Å²) < 4.78 is 9.01. The molecule has 12 heteroatoms. The third kappa shape index (κ3) is 4.83. The van der Waals surface area contributed by atoms with Crippen molar-refractivity contribution in [3.8, 4) is 5.75 Å². The van der Waals surface area contributed by atoms with Gasteiger partial charge in [-0.3, -0.25) is 19.4 Å². The second kappa shape index (κ2) is 9.09. The Kier molecular flexibility index (Phi) is 6.55. The van der Waals surface area contributed by atoms with Crippen molar-refractivity contribution in [1.29, 1.82) is 0 Å². The highest BCUT2D eigenvalue weighted by Gasteiger charge is 2.15. The number of benzene rings is 1. The fraction of sp³-hybridized carbons (Fsp3) is 0.188.